The molecule has 0 N–H and O–H groups in total. The van der Waals surface area contributed by atoms with Gasteiger partial charge in [-0.15, -0.1) is 0 Å². The molecule has 5 heteroatoms. The summed E-state index contributed by atoms with van der Waals surface area (Å²) in [4.78, 5) is 26.5. The summed E-state index contributed by atoms with van der Waals surface area (Å²) in [7, 11) is 0. The third-order valence-electron chi connectivity index (χ3n) is 5.84. The van der Waals surface area contributed by atoms with Crippen LogP contribution >= 0.6 is 0 Å². The fourth-order valence-electron chi connectivity index (χ4n) is 4.23. The van der Waals surface area contributed by atoms with E-state index in [-0.39, 0.29) is 17.6 Å². The average molecular weight is 344 g/mol. The Morgan fingerprint density at radius 1 is 1.12 bits per heavy atom. The molecule has 2 saturated carbocycles. The number of hydrogen-bond acceptors (Lipinski definition) is 3. The molecule has 0 radical (unpaired) electrons. The van der Waals surface area contributed by atoms with Crippen molar-refractivity contribution in [3.8, 4) is 5.75 Å². The largest absolute Gasteiger partial charge is 0.486 e. The van der Waals surface area contributed by atoms with Gasteiger partial charge in [0.1, 0.15) is 11.9 Å². The van der Waals surface area contributed by atoms with E-state index in [9.17, 15) is 9.59 Å². The molecule has 0 aromatic carbocycles. The zero-order chi connectivity index (χ0) is 17.4. The molecular weight excluding hydrogens is 316 g/mol. The van der Waals surface area contributed by atoms with E-state index >= 15 is 0 Å². The molecule has 5 nitrogen and oxygen atoms in total. The van der Waals surface area contributed by atoms with Crippen molar-refractivity contribution >= 4 is 5.91 Å². The van der Waals surface area contributed by atoms with E-state index in [2.05, 4.69) is 0 Å². The number of aromatic nitrogens is 1. The number of hydrogen-bond donors (Lipinski definition) is 0. The topological polar surface area (TPSA) is 51.5 Å². The van der Waals surface area contributed by atoms with Crippen molar-refractivity contribution in [1.82, 2.24) is 9.47 Å². The van der Waals surface area contributed by atoms with Gasteiger partial charge < -0.3 is 14.2 Å². The van der Waals surface area contributed by atoms with Gasteiger partial charge in [-0.2, -0.15) is 0 Å². The third-order valence-corrected chi connectivity index (χ3v) is 5.84. The molecule has 2 heterocycles. The molecular formula is C20H28N2O3. The Balaban J connectivity index is 1.28. The zero-order valence-electron chi connectivity index (χ0n) is 15.1. The molecule has 1 saturated heterocycles. The van der Waals surface area contributed by atoms with Crippen LogP contribution in [0.25, 0.3) is 0 Å². The van der Waals surface area contributed by atoms with Crippen LogP contribution in [-0.2, 0) is 4.79 Å². The molecule has 4 rings (SSSR count). The molecule has 1 amide bonds. The Morgan fingerprint density at radius 2 is 1.84 bits per heavy atom. The molecule has 1 aromatic rings. The van der Waals surface area contributed by atoms with Crippen LogP contribution in [0.15, 0.2) is 16.9 Å². The van der Waals surface area contributed by atoms with Crippen molar-refractivity contribution in [2.45, 2.75) is 70.4 Å². The predicted octanol–water partition coefficient (Wildman–Crippen LogP) is 3.05. The van der Waals surface area contributed by atoms with Crippen molar-refractivity contribution in [3.05, 3.63) is 28.2 Å². The molecule has 3 fully saturated rings. The van der Waals surface area contributed by atoms with E-state index in [0.29, 0.717) is 37.2 Å². The Hall–Kier alpha value is -1.78. The Kier molecular flexibility index (Phi) is 4.57. The highest BCUT2D eigenvalue weighted by Crippen LogP contribution is 2.35. The maximum atomic E-state index is 12.3. The summed E-state index contributed by atoms with van der Waals surface area (Å²) in [5.41, 5.74) is 0.997. The number of likely N-dealkylation sites (tertiary alicyclic amines) is 1. The molecule has 0 spiro atoms. The molecule has 1 aromatic heterocycles. The van der Waals surface area contributed by atoms with E-state index in [1.165, 1.54) is 32.1 Å². The van der Waals surface area contributed by atoms with Crippen LogP contribution in [0.3, 0.4) is 0 Å². The van der Waals surface area contributed by atoms with Gasteiger partial charge in [0.25, 0.3) is 5.56 Å². The third kappa shape index (κ3) is 3.75. The minimum atomic E-state index is 0.0193. The Morgan fingerprint density at radius 3 is 2.48 bits per heavy atom. The summed E-state index contributed by atoms with van der Waals surface area (Å²) >= 11 is 0. The van der Waals surface area contributed by atoms with Crippen LogP contribution < -0.4 is 10.3 Å². The molecule has 0 unspecified atom stereocenters. The number of nitrogens with zero attached hydrogens (tertiary/aromatic N) is 2. The lowest BCUT2D eigenvalue weighted by Gasteiger charge is -2.40. The molecule has 25 heavy (non-hydrogen) atoms. The Bertz CT molecular complexity index is 695. The minimum Gasteiger partial charge on any atom is -0.486 e. The van der Waals surface area contributed by atoms with Gasteiger partial charge in [0.05, 0.1) is 13.1 Å². The lowest BCUT2D eigenvalue weighted by Crippen LogP contribution is -2.56. The first-order valence-corrected chi connectivity index (χ1v) is 9.78. The summed E-state index contributed by atoms with van der Waals surface area (Å²) in [5, 5.41) is 0. The van der Waals surface area contributed by atoms with Gasteiger partial charge in [0.2, 0.25) is 5.91 Å². The lowest BCUT2D eigenvalue weighted by atomic mass is 9.86. The maximum absolute atomic E-state index is 12.3. The van der Waals surface area contributed by atoms with Gasteiger partial charge in [-0.1, -0.05) is 19.3 Å². The van der Waals surface area contributed by atoms with E-state index in [4.69, 9.17) is 4.74 Å². The van der Waals surface area contributed by atoms with E-state index in [1.54, 1.807) is 6.07 Å². The second-order valence-electron chi connectivity index (χ2n) is 8.02. The fraction of sp³-hybridized carbons (Fsp3) is 0.700. The first-order chi connectivity index (χ1) is 12.1. The van der Waals surface area contributed by atoms with Gasteiger partial charge in [-0.05, 0) is 44.6 Å². The summed E-state index contributed by atoms with van der Waals surface area (Å²) in [6.45, 7) is 3.26. The molecule has 2 aliphatic carbocycles. The molecule has 3 aliphatic rings. The first-order valence-electron chi connectivity index (χ1n) is 9.78. The van der Waals surface area contributed by atoms with Crippen LogP contribution in [0.1, 0.15) is 63.1 Å². The highest BCUT2D eigenvalue weighted by molar-refractivity contribution is 5.77. The normalized spacial score (nSPS) is 21.9. The first kappa shape index (κ1) is 16.7. The molecule has 0 bridgehead atoms. The smallest absolute Gasteiger partial charge is 0.254 e. The number of amides is 1. The fourth-order valence-corrected chi connectivity index (χ4v) is 4.23. The van der Waals surface area contributed by atoms with Crippen molar-refractivity contribution in [2.75, 3.05) is 13.1 Å². The van der Waals surface area contributed by atoms with E-state index in [1.807, 2.05) is 22.5 Å². The van der Waals surface area contributed by atoms with Crippen molar-refractivity contribution in [3.63, 3.8) is 0 Å². The number of carbonyl (C=O) groups is 1. The van der Waals surface area contributed by atoms with Gasteiger partial charge in [0, 0.05) is 24.2 Å². The Labute approximate surface area is 149 Å². The van der Waals surface area contributed by atoms with Crippen molar-refractivity contribution in [1.29, 1.82) is 0 Å². The van der Waals surface area contributed by atoms with Crippen molar-refractivity contribution in [2.24, 2.45) is 5.92 Å². The minimum absolute atomic E-state index is 0.0193. The molecule has 1 aliphatic heterocycles. The second kappa shape index (κ2) is 6.85. The summed E-state index contributed by atoms with van der Waals surface area (Å²) in [5.74, 6) is 1.50. The number of rotatable bonds is 5. The van der Waals surface area contributed by atoms with Crippen LogP contribution in [-0.4, -0.2) is 34.6 Å². The number of pyridine rings is 1. The summed E-state index contributed by atoms with van der Waals surface area (Å²) in [6.07, 6.45) is 9.19. The SMILES string of the molecule is Cc1cc(OC2CN(C(=O)CC3CCCCC3)C2)cc(=O)n1C1CC1. The van der Waals surface area contributed by atoms with Gasteiger partial charge in [-0.25, -0.2) is 0 Å². The van der Waals surface area contributed by atoms with Gasteiger partial charge in [-0.3, -0.25) is 9.59 Å². The number of ether oxygens (including phenoxy) is 1. The standard InChI is InChI=1S/C20H28N2O3/c1-14-9-17(11-20(24)22(14)16-7-8-16)25-18-12-21(13-18)19(23)10-15-5-3-2-4-6-15/h9,11,15-16,18H,2-8,10,12-13H2,1H3. The quantitative estimate of drug-likeness (QED) is 0.825. The van der Waals surface area contributed by atoms with Crippen LogP contribution in [0.2, 0.25) is 0 Å². The average Bonchev–Trinajstić information content (AvgIpc) is 3.35. The predicted molar refractivity (Wildman–Crippen MR) is 95.9 cm³/mol. The van der Waals surface area contributed by atoms with Crippen LogP contribution in [0.4, 0.5) is 0 Å². The van der Waals surface area contributed by atoms with Crippen LogP contribution in [0.5, 0.6) is 5.75 Å². The van der Waals surface area contributed by atoms with Crippen LogP contribution in [0, 0.1) is 12.8 Å². The van der Waals surface area contributed by atoms with Crippen molar-refractivity contribution < 1.29 is 9.53 Å². The zero-order valence-corrected chi connectivity index (χ0v) is 15.1. The number of aryl methyl sites for hydroxylation is 1. The molecule has 0 atom stereocenters. The monoisotopic (exact) mass is 344 g/mol. The van der Waals surface area contributed by atoms with Gasteiger partial charge >= 0.3 is 0 Å². The highest BCUT2D eigenvalue weighted by atomic mass is 16.5. The summed E-state index contributed by atoms with van der Waals surface area (Å²) in [6, 6.07) is 3.93. The second-order valence-corrected chi connectivity index (χ2v) is 8.02. The van der Waals surface area contributed by atoms with Gasteiger partial charge in [0.15, 0.2) is 0 Å². The number of carbonyl (C=O) groups excluding carboxylic acids is 1. The molecule has 136 valence electrons. The van der Waals surface area contributed by atoms with E-state index < -0.39 is 0 Å². The maximum Gasteiger partial charge on any atom is 0.254 e. The summed E-state index contributed by atoms with van der Waals surface area (Å²) < 4.78 is 7.80. The van der Waals surface area contributed by atoms with E-state index in [0.717, 1.165) is 18.5 Å². The lowest BCUT2D eigenvalue weighted by molar-refractivity contribution is -0.141. The highest BCUT2D eigenvalue weighted by Gasteiger charge is 2.33.